The van der Waals surface area contributed by atoms with Gasteiger partial charge in [-0.2, -0.15) is 0 Å². The average Bonchev–Trinajstić information content (AvgIpc) is 2.31. The van der Waals surface area contributed by atoms with Crippen LogP contribution >= 0.6 is 15.9 Å². The van der Waals surface area contributed by atoms with Crippen LogP contribution in [-0.2, 0) is 14.8 Å². The summed E-state index contributed by atoms with van der Waals surface area (Å²) < 4.78 is 26.6. The molecule has 0 bridgehead atoms. The van der Waals surface area contributed by atoms with Crippen molar-refractivity contribution in [1.82, 2.24) is 15.0 Å². The first kappa shape index (κ1) is 14.9. The molecule has 1 aromatic heterocycles. The molecule has 0 aromatic carbocycles. The number of halogens is 1. The number of carbonyl (C=O) groups excluding carboxylic acids is 1. The highest BCUT2D eigenvalue weighted by Gasteiger charge is 2.18. The fraction of sp³-hybridized carbons (Fsp3) is 0.333. The maximum atomic E-state index is 11.9. The van der Waals surface area contributed by atoms with Crippen molar-refractivity contribution in [2.24, 2.45) is 0 Å². The van der Waals surface area contributed by atoms with E-state index in [2.05, 4.69) is 31.0 Å². The van der Waals surface area contributed by atoms with E-state index in [-0.39, 0.29) is 29.6 Å². The van der Waals surface area contributed by atoms with Crippen molar-refractivity contribution in [3.05, 3.63) is 16.7 Å². The topological polar surface area (TPSA) is 114 Å². The van der Waals surface area contributed by atoms with Gasteiger partial charge in [-0.1, -0.05) is 0 Å². The minimum Gasteiger partial charge on any atom is -0.383 e. The van der Waals surface area contributed by atoms with E-state index in [1.807, 2.05) is 0 Å². The van der Waals surface area contributed by atoms with E-state index >= 15 is 0 Å². The van der Waals surface area contributed by atoms with Crippen LogP contribution in [0.5, 0.6) is 0 Å². The molecule has 0 aliphatic heterocycles. The molecule has 7 nitrogen and oxygen atoms in total. The summed E-state index contributed by atoms with van der Waals surface area (Å²) in [5, 5.41) is 2.39. The van der Waals surface area contributed by atoms with E-state index in [9.17, 15) is 13.2 Å². The Kier molecular flexibility index (Phi) is 5.05. The van der Waals surface area contributed by atoms with Crippen molar-refractivity contribution < 1.29 is 13.2 Å². The number of hydrogen-bond donors (Lipinski definition) is 3. The number of nitrogens with zero attached hydrogens (tertiary/aromatic N) is 1. The summed E-state index contributed by atoms with van der Waals surface area (Å²) in [6.45, 7) is -0.00599. The Bertz CT molecular complexity index is 547. The SMILES string of the molecule is CNC(=O)CCNS(=O)(=O)c1cc(Br)cnc1N. The van der Waals surface area contributed by atoms with Crippen molar-refractivity contribution in [1.29, 1.82) is 0 Å². The van der Waals surface area contributed by atoms with E-state index in [4.69, 9.17) is 5.73 Å². The van der Waals surface area contributed by atoms with E-state index in [0.29, 0.717) is 4.47 Å². The third kappa shape index (κ3) is 3.93. The Balaban J connectivity index is 2.80. The monoisotopic (exact) mass is 336 g/mol. The smallest absolute Gasteiger partial charge is 0.244 e. The zero-order valence-corrected chi connectivity index (χ0v) is 12.0. The van der Waals surface area contributed by atoms with E-state index in [1.165, 1.54) is 19.3 Å². The van der Waals surface area contributed by atoms with E-state index in [0.717, 1.165) is 0 Å². The standard InChI is InChI=1S/C9H13BrN4O3S/c1-12-8(15)2-3-14-18(16,17)7-4-6(10)5-13-9(7)11/h4-5,14H,2-3H2,1H3,(H2,11,13)(H,12,15). The molecule has 0 fully saturated rings. The van der Waals surface area contributed by atoms with E-state index in [1.54, 1.807) is 0 Å². The number of sulfonamides is 1. The number of anilines is 1. The molecule has 0 spiro atoms. The summed E-state index contributed by atoms with van der Waals surface area (Å²) in [5.74, 6) is -0.344. The molecule has 4 N–H and O–H groups in total. The summed E-state index contributed by atoms with van der Waals surface area (Å²) in [7, 11) is -2.29. The number of amides is 1. The van der Waals surface area contributed by atoms with Crippen LogP contribution < -0.4 is 15.8 Å². The highest BCUT2D eigenvalue weighted by Crippen LogP contribution is 2.20. The van der Waals surface area contributed by atoms with Crippen LogP contribution in [0, 0.1) is 0 Å². The maximum absolute atomic E-state index is 11.9. The molecule has 0 unspecified atom stereocenters. The number of nitrogens with one attached hydrogen (secondary N) is 2. The average molecular weight is 337 g/mol. The second-order valence-electron chi connectivity index (χ2n) is 3.36. The first-order valence-electron chi connectivity index (χ1n) is 4.98. The second-order valence-corrected chi connectivity index (χ2v) is 6.01. The molecule has 18 heavy (non-hydrogen) atoms. The van der Waals surface area contributed by atoms with Crippen molar-refractivity contribution in [3.63, 3.8) is 0 Å². The quantitative estimate of drug-likeness (QED) is 0.691. The molecule has 0 saturated heterocycles. The van der Waals surface area contributed by atoms with Gasteiger partial charge < -0.3 is 11.1 Å². The molecule has 0 saturated carbocycles. The Labute approximate surface area is 113 Å². The lowest BCUT2D eigenvalue weighted by Crippen LogP contribution is -2.29. The molecular weight excluding hydrogens is 324 g/mol. The summed E-state index contributed by atoms with van der Waals surface area (Å²) in [4.78, 5) is 14.6. The van der Waals surface area contributed by atoms with Gasteiger partial charge >= 0.3 is 0 Å². The molecule has 1 rings (SSSR count). The van der Waals surface area contributed by atoms with Crippen LogP contribution in [-0.4, -0.2) is 32.9 Å². The molecule has 1 aromatic rings. The number of nitrogen functional groups attached to an aromatic ring is 1. The van der Waals surface area contributed by atoms with Crippen molar-refractivity contribution in [2.45, 2.75) is 11.3 Å². The number of pyridine rings is 1. The summed E-state index contributed by atoms with van der Waals surface area (Å²) in [6, 6.07) is 1.35. The normalized spacial score (nSPS) is 11.2. The van der Waals surface area contributed by atoms with Gasteiger partial charge in [0, 0.05) is 30.7 Å². The van der Waals surface area contributed by atoms with Crippen LogP contribution in [0.3, 0.4) is 0 Å². The van der Waals surface area contributed by atoms with Crippen LogP contribution in [0.15, 0.2) is 21.6 Å². The fourth-order valence-corrected chi connectivity index (χ4v) is 2.77. The van der Waals surface area contributed by atoms with Gasteiger partial charge in [-0.05, 0) is 22.0 Å². The molecule has 0 aliphatic carbocycles. The number of hydrogen-bond acceptors (Lipinski definition) is 5. The number of rotatable bonds is 5. The second kappa shape index (κ2) is 6.12. The van der Waals surface area contributed by atoms with Crippen molar-refractivity contribution in [3.8, 4) is 0 Å². The summed E-state index contributed by atoms with van der Waals surface area (Å²) in [5.41, 5.74) is 5.50. The molecule has 0 atom stereocenters. The van der Waals surface area contributed by atoms with Crippen LogP contribution in [0.2, 0.25) is 0 Å². The van der Waals surface area contributed by atoms with Crippen molar-refractivity contribution >= 4 is 37.7 Å². The zero-order chi connectivity index (χ0) is 13.8. The number of aromatic nitrogens is 1. The minimum atomic E-state index is -3.76. The zero-order valence-electron chi connectivity index (χ0n) is 9.60. The first-order valence-corrected chi connectivity index (χ1v) is 7.25. The Morgan fingerprint density at radius 1 is 1.56 bits per heavy atom. The Hall–Kier alpha value is -1.19. The fourth-order valence-electron chi connectivity index (χ4n) is 1.15. The maximum Gasteiger partial charge on any atom is 0.244 e. The Morgan fingerprint density at radius 2 is 2.22 bits per heavy atom. The van der Waals surface area contributed by atoms with Gasteiger partial charge in [0.25, 0.3) is 0 Å². The number of nitrogens with two attached hydrogens (primary N) is 1. The highest BCUT2D eigenvalue weighted by atomic mass is 79.9. The molecule has 9 heteroatoms. The number of carbonyl (C=O) groups is 1. The van der Waals surface area contributed by atoms with Gasteiger partial charge in [0.2, 0.25) is 15.9 Å². The molecule has 100 valence electrons. The lowest BCUT2D eigenvalue weighted by Gasteiger charge is -2.08. The molecular formula is C9H13BrN4O3S. The molecule has 0 radical (unpaired) electrons. The van der Waals surface area contributed by atoms with Gasteiger partial charge in [-0.25, -0.2) is 18.1 Å². The van der Waals surface area contributed by atoms with Crippen LogP contribution in [0.4, 0.5) is 5.82 Å². The van der Waals surface area contributed by atoms with Gasteiger partial charge in [0.1, 0.15) is 10.7 Å². The van der Waals surface area contributed by atoms with Gasteiger partial charge in [-0.15, -0.1) is 0 Å². The van der Waals surface area contributed by atoms with Gasteiger partial charge in [0.05, 0.1) is 0 Å². The molecule has 0 aliphatic rings. The van der Waals surface area contributed by atoms with Crippen LogP contribution in [0.1, 0.15) is 6.42 Å². The predicted octanol–water partition coefficient (Wildman–Crippen LogP) is -0.159. The van der Waals surface area contributed by atoms with Gasteiger partial charge in [0.15, 0.2) is 0 Å². The van der Waals surface area contributed by atoms with E-state index < -0.39 is 10.0 Å². The molecule has 1 heterocycles. The third-order valence-corrected chi connectivity index (χ3v) is 3.98. The first-order chi connectivity index (χ1) is 8.36. The lowest BCUT2D eigenvalue weighted by molar-refractivity contribution is -0.120. The van der Waals surface area contributed by atoms with Gasteiger partial charge in [-0.3, -0.25) is 4.79 Å². The van der Waals surface area contributed by atoms with Crippen LogP contribution in [0.25, 0.3) is 0 Å². The molecule has 1 amide bonds. The summed E-state index contributed by atoms with van der Waals surface area (Å²) >= 11 is 3.12. The predicted molar refractivity (Wildman–Crippen MR) is 70.2 cm³/mol. The Morgan fingerprint density at radius 3 is 2.83 bits per heavy atom. The third-order valence-electron chi connectivity index (χ3n) is 2.06. The largest absolute Gasteiger partial charge is 0.383 e. The summed E-state index contributed by atoms with van der Waals surface area (Å²) in [6.07, 6.45) is 1.45. The lowest BCUT2D eigenvalue weighted by atomic mass is 10.4. The van der Waals surface area contributed by atoms with Crippen molar-refractivity contribution in [2.75, 3.05) is 19.3 Å². The minimum absolute atomic E-state index is 0.00599. The highest BCUT2D eigenvalue weighted by molar-refractivity contribution is 9.10.